The van der Waals surface area contributed by atoms with Crippen LogP contribution < -0.4 is 20.2 Å². The quantitative estimate of drug-likeness (QED) is 0.0956. The number of aryl methyl sites for hydroxylation is 1. The van der Waals surface area contributed by atoms with E-state index in [1.165, 1.54) is 67.1 Å². The molecule has 1 aliphatic rings. The minimum absolute atomic E-state index is 0.0802. The molecule has 3 aromatic rings. The third-order valence-electron chi connectivity index (χ3n) is 5.92. The molecule has 212 valence electrons. The zero-order chi connectivity index (χ0) is 29.5. The minimum Gasteiger partial charge on any atom is -0.493 e. The third-order valence-corrected chi connectivity index (χ3v) is 7.13. The first-order valence-electron chi connectivity index (χ1n) is 12.3. The number of nitro benzene ring substituents is 1. The summed E-state index contributed by atoms with van der Waals surface area (Å²) in [6.45, 7) is 1.87. The molecule has 41 heavy (non-hydrogen) atoms. The van der Waals surface area contributed by atoms with Crippen LogP contribution in [0.25, 0.3) is 0 Å². The number of amides is 2. The van der Waals surface area contributed by atoms with Crippen LogP contribution in [0, 0.1) is 10.1 Å². The van der Waals surface area contributed by atoms with Crippen molar-refractivity contribution >= 4 is 52.0 Å². The molecule has 0 fully saturated rings. The summed E-state index contributed by atoms with van der Waals surface area (Å²) in [6, 6.07) is 9.36. The Morgan fingerprint density at radius 2 is 1.80 bits per heavy atom. The fourth-order valence-electron chi connectivity index (χ4n) is 4.01. The number of benzene rings is 2. The van der Waals surface area contributed by atoms with Crippen LogP contribution in [0.5, 0.6) is 11.5 Å². The number of carbonyl (C=O) groups excluding carboxylic acids is 4. The van der Waals surface area contributed by atoms with Gasteiger partial charge in [-0.05, 0) is 67.6 Å². The Bertz CT molecular complexity index is 1550. The highest BCUT2D eigenvalue weighted by Gasteiger charge is 2.29. The minimum atomic E-state index is -1.05. The lowest BCUT2D eigenvalue weighted by atomic mass is 10.1. The fourth-order valence-corrected chi connectivity index (χ4v) is 5.29. The first-order chi connectivity index (χ1) is 19.7. The lowest BCUT2D eigenvalue weighted by Crippen LogP contribution is -2.32. The largest absolute Gasteiger partial charge is 0.493 e. The molecule has 0 spiro atoms. The molecule has 13 nitrogen and oxygen atoms in total. The molecule has 1 aromatic heterocycles. The van der Waals surface area contributed by atoms with Crippen molar-refractivity contribution in [2.24, 2.45) is 5.10 Å². The van der Waals surface area contributed by atoms with Crippen molar-refractivity contribution < 1.29 is 38.3 Å². The number of non-ortho nitro benzene ring substituents is 1. The number of fused-ring (bicyclic) bond motifs is 1. The van der Waals surface area contributed by atoms with Gasteiger partial charge in [0.15, 0.2) is 11.5 Å². The van der Waals surface area contributed by atoms with Crippen LogP contribution in [-0.4, -0.2) is 48.6 Å². The summed E-state index contributed by atoms with van der Waals surface area (Å²) in [5.41, 5.74) is 3.64. The Hall–Kier alpha value is -5.11. The van der Waals surface area contributed by atoms with E-state index in [9.17, 15) is 29.3 Å². The van der Waals surface area contributed by atoms with Crippen molar-refractivity contribution in [2.75, 3.05) is 19.0 Å². The summed E-state index contributed by atoms with van der Waals surface area (Å²) in [5.74, 6) is -3.09. The summed E-state index contributed by atoms with van der Waals surface area (Å²) in [5, 5.41) is 17.3. The molecule has 0 aliphatic heterocycles. The lowest BCUT2D eigenvalue weighted by Gasteiger charge is -2.10. The Kier molecular flexibility index (Phi) is 9.04. The summed E-state index contributed by atoms with van der Waals surface area (Å²) in [7, 11) is 1.36. The first kappa shape index (κ1) is 28.9. The molecule has 0 radical (unpaired) electrons. The maximum atomic E-state index is 12.5. The van der Waals surface area contributed by atoms with Gasteiger partial charge < -0.3 is 19.5 Å². The predicted octanol–water partition coefficient (Wildman–Crippen LogP) is 3.64. The zero-order valence-corrected chi connectivity index (χ0v) is 22.7. The van der Waals surface area contributed by atoms with E-state index in [2.05, 4.69) is 15.8 Å². The molecule has 0 saturated heterocycles. The number of nitrogens with zero attached hydrogens (tertiary/aromatic N) is 2. The van der Waals surface area contributed by atoms with Gasteiger partial charge in [-0.25, -0.2) is 15.0 Å². The number of rotatable bonds is 9. The maximum Gasteiger partial charge on any atom is 0.343 e. The first-order valence-corrected chi connectivity index (χ1v) is 13.1. The second kappa shape index (κ2) is 12.8. The number of anilines is 1. The van der Waals surface area contributed by atoms with Gasteiger partial charge in [-0.1, -0.05) is 0 Å². The number of ether oxygens (including phenoxy) is 3. The van der Waals surface area contributed by atoms with Crippen LogP contribution in [-0.2, 0) is 27.2 Å². The van der Waals surface area contributed by atoms with Crippen molar-refractivity contribution in [3.8, 4) is 11.5 Å². The van der Waals surface area contributed by atoms with E-state index >= 15 is 0 Å². The number of nitrogens with one attached hydrogen (secondary N) is 2. The molecule has 1 aliphatic carbocycles. The highest BCUT2D eigenvalue weighted by atomic mass is 32.1. The van der Waals surface area contributed by atoms with Gasteiger partial charge in [0.25, 0.3) is 5.69 Å². The van der Waals surface area contributed by atoms with Gasteiger partial charge in [0, 0.05) is 17.0 Å². The number of esters is 2. The van der Waals surface area contributed by atoms with Crippen molar-refractivity contribution in [2.45, 2.75) is 26.2 Å². The number of thiophene rings is 1. The van der Waals surface area contributed by atoms with E-state index in [0.29, 0.717) is 12.0 Å². The van der Waals surface area contributed by atoms with Gasteiger partial charge >= 0.3 is 23.8 Å². The molecular weight excluding hydrogens is 556 g/mol. The van der Waals surface area contributed by atoms with E-state index in [1.54, 1.807) is 6.92 Å². The standard InChI is InChI=1S/C27H24N4O9S/c1-3-39-27(35)22-18-5-4-6-21(18)41-25(22)29-23(32)24(33)30-28-14-15-7-12-19(20(13-15)38-2)40-26(34)16-8-10-17(11-9-16)31(36)37/h7-14H,3-6H2,1-2H3,(H,29,32)(H,30,33)/b28-14+. The van der Waals surface area contributed by atoms with Crippen LogP contribution >= 0.6 is 11.3 Å². The molecule has 2 aromatic carbocycles. The second-order valence-electron chi connectivity index (χ2n) is 8.54. The summed E-state index contributed by atoms with van der Waals surface area (Å²) in [4.78, 5) is 60.9. The van der Waals surface area contributed by atoms with Gasteiger partial charge in [0.05, 0.1) is 36.0 Å². The van der Waals surface area contributed by atoms with Crippen molar-refractivity contribution in [3.05, 3.63) is 79.7 Å². The van der Waals surface area contributed by atoms with E-state index in [0.717, 1.165) is 23.3 Å². The van der Waals surface area contributed by atoms with Gasteiger partial charge in [-0.3, -0.25) is 19.7 Å². The van der Waals surface area contributed by atoms with E-state index < -0.39 is 28.7 Å². The number of hydrazone groups is 1. The Morgan fingerprint density at radius 1 is 1.05 bits per heavy atom. The van der Waals surface area contributed by atoms with Crippen molar-refractivity contribution in [3.63, 3.8) is 0 Å². The molecule has 2 N–H and O–H groups in total. The van der Waals surface area contributed by atoms with Gasteiger partial charge in [-0.15, -0.1) is 11.3 Å². The number of methoxy groups -OCH3 is 1. The van der Waals surface area contributed by atoms with E-state index in [4.69, 9.17) is 14.2 Å². The van der Waals surface area contributed by atoms with E-state index in [1.807, 2.05) is 0 Å². The molecule has 0 unspecified atom stereocenters. The van der Waals surface area contributed by atoms with Crippen molar-refractivity contribution in [1.29, 1.82) is 0 Å². The summed E-state index contributed by atoms with van der Waals surface area (Å²) >= 11 is 1.25. The molecule has 2 amide bonds. The number of hydrogen-bond donors (Lipinski definition) is 2. The Morgan fingerprint density at radius 3 is 2.49 bits per heavy atom. The van der Waals surface area contributed by atoms with Gasteiger partial charge in [-0.2, -0.15) is 5.10 Å². The smallest absolute Gasteiger partial charge is 0.343 e. The van der Waals surface area contributed by atoms with Crippen LogP contribution in [0.4, 0.5) is 10.7 Å². The highest BCUT2D eigenvalue weighted by Crippen LogP contribution is 2.39. The molecule has 0 saturated carbocycles. The fraction of sp³-hybridized carbons (Fsp3) is 0.222. The molecule has 1 heterocycles. The van der Waals surface area contributed by atoms with Gasteiger partial charge in [0.1, 0.15) is 5.00 Å². The number of nitro groups is 1. The average molecular weight is 581 g/mol. The maximum absolute atomic E-state index is 12.5. The normalized spacial score (nSPS) is 12.0. The summed E-state index contributed by atoms with van der Waals surface area (Å²) < 4.78 is 15.7. The SMILES string of the molecule is CCOC(=O)c1c(NC(=O)C(=O)N/N=C/c2ccc(OC(=O)c3ccc([N+](=O)[O-])cc3)c(OC)c2)sc2c1CCC2. The summed E-state index contributed by atoms with van der Waals surface area (Å²) in [6.07, 6.45) is 3.65. The Labute approximate surface area is 237 Å². The number of hydrogen-bond acceptors (Lipinski definition) is 11. The Balaban J connectivity index is 1.37. The number of carbonyl (C=O) groups is 4. The molecule has 14 heteroatoms. The highest BCUT2D eigenvalue weighted by molar-refractivity contribution is 7.17. The molecular formula is C27H24N4O9S. The average Bonchev–Trinajstić information content (AvgIpc) is 3.54. The van der Waals surface area contributed by atoms with Crippen LogP contribution in [0.1, 0.15) is 50.1 Å². The van der Waals surface area contributed by atoms with Crippen LogP contribution in [0.15, 0.2) is 47.6 Å². The monoisotopic (exact) mass is 580 g/mol. The van der Waals surface area contributed by atoms with Crippen LogP contribution in [0.3, 0.4) is 0 Å². The third kappa shape index (κ3) is 6.73. The molecule has 0 atom stereocenters. The topological polar surface area (TPSA) is 176 Å². The zero-order valence-electron chi connectivity index (χ0n) is 21.9. The molecule has 0 bridgehead atoms. The van der Waals surface area contributed by atoms with E-state index in [-0.39, 0.29) is 39.9 Å². The van der Waals surface area contributed by atoms with Gasteiger partial charge in [0.2, 0.25) is 0 Å². The second-order valence-corrected chi connectivity index (χ2v) is 9.64. The predicted molar refractivity (Wildman–Crippen MR) is 148 cm³/mol. The van der Waals surface area contributed by atoms with Crippen LogP contribution in [0.2, 0.25) is 0 Å². The molecule has 4 rings (SSSR count). The lowest BCUT2D eigenvalue weighted by molar-refractivity contribution is -0.384. The van der Waals surface area contributed by atoms with Crippen molar-refractivity contribution in [1.82, 2.24) is 5.43 Å².